The number of nitrogens with zero attached hydrogens (tertiary/aromatic N) is 3. The lowest BCUT2D eigenvalue weighted by Gasteiger charge is -2.07. The summed E-state index contributed by atoms with van der Waals surface area (Å²) >= 11 is 0. The van der Waals surface area contributed by atoms with Gasteiger partial charge in [0.25, 0.3) is 5.91 Å². The molecule has 0 spiro atoms. The Labute approximate surface area is 141 Å². The molecule has 0 aliphatic rings. The fourth-order valence-corrected chi connectivity index (χ4v) is 2.76. The zero-order valence-electron chi connectivity index (χ0n) is 14.1. The van der Waals surface area contributed by atoms with Crippen molar-refractivity contribution in [2.45, 2.75) is 27.3 Å². The Balaban J connectivity index is 1.85. The minimum atomic E-state index is -0.118. The number of benzene rings is 1. The maximum absolute atomic E-state index is 12.6. The molecule has 5 nitrogen and oxygen atoms in total. The molecule has 0 fully saturated rings. The first kappa shape index (κ1) is 15.9. The van der Waals surface area contributed by atoms with Crippen LogP contribution in [0.1, 0.15) is 32.9 Å². The molecule has 3 rings (SSSR count). The van der Waals surface area contributed by atoms with Gasteiger partial charge in [0.1, 0.15) is 0 Å². The molecule has 3 aromatic rings. The molecule has 1 N–H and O–H groups in total. The molecular weight excluding hydrogens is 300 g/mol. The number of carbonyl (C=O) groups excluding carboxylic acids is 1. The number of nitrogens with one attached hydrogen (secondary N) is 1. The standard InChI is InChI=1S/C19H20N4O/c1-13-6-4-8-17(10-13)23-15(3)18(14(2)22-23)19(24)21-12-16-7-5-9-20-11-16/h4-11H,12H2,1-3H3,(H,21,24). The van der Waals surface area contributed by atoms with Gasteiger partial charge >= 0.3 is 0 Å². The van der Waals surface area contributed by atoms with E-state index in [0.717, 1.165) is 28.2 Å². The Morgan fingerprint density at radius 3 is 2.71 bits per heavy atom. The second-order valence-corrected chi connectivity index (χ2v) is 5.84. The van der Waals surface area contributed by atoms with Gasteiger partial charge in [0, 0.05) is 18.9 Å². The molecule has 0 aliphatic heterocycles. The maximum Gasteiger partial charge on any atom is 0.255 e. The minimum Gasteiger partial charge on any atom is -0.348 e. The molecule has 1 aromatic carbocycles. The summed E-state index contributed by atoms with van der Waals surface area (Å²) in [6.07, 6.45) is 3.46. The quantitative estimate of drug-likeness (QED) is 0.803. The zero-order valence-corrected chi connectivity index (χ0v) is 14.1. The van der Waals surface area contributed by atoms with Gasteiger partial charge in [-0.05, 0) is 50.1 Å². The highest BCUT2D eigenvalue weighted by Crippen LogP contribution is 2.18. The normalized spacial score (nSPS) is 10.6. The number of carbonyl (C=O) groups is 1. The van der Waals surface area contributed by atoms with Gasteiger partial charge in [-0.15, -0.1) is 0 Å². The summed E-state index contributed by atoms with van der Waals surface area (Å²) in [6.45, 7) is 6.26. The van der Waals surface area contributed by atoms with Crippen LogP contribution in [0, 0.1) is 20.8 Å². The molecule has 1 amide bonds. The van der Waals surface area contributed by atoms with Crippen LogP contribution in [0.25, 0.3) is 5.69 Å². The molecule has 0 bridgehead atoms. The molecule has 0 saturated heterocycles. The van der Waals surface area contributed by atoms with Crippen molar-refractivity contribution in [1.29, 1.82) is 0 Å². The van der Waals surface area contributed by atoms with Gasteiger partial charge in [0.05, 0.1) is 22.6 Å². The highest BCUT2D eigenvalue weighted by atomic mass is 16.1. The smallest absolute Gasteiger partial charge is 0.255 e. The van der Waals surface area contributed by atoms with Crippen molar-refractivity contribution in [3.63, 3.8) is 0 Å². The fourth-order valence-electron chi connectivity index (χ4n) is 2.76. The van der Waals surface area contributed by atoms with Crippen LogP contribution in [-0.4, -0.2) is 20.7 Å². The van der Waals surface area contributed by atoms with Gasteiger partial charge in [-0.2, -0.15) is 5.10 Å². The van der Waals surface area contributed by atoms with Crippen LogP contribution in [0.2, 0.25) is 0 Å². The van der Waals surface area contributed by atoms with Gasteiger partial charge in [-0.3, -0.25) is 9.78 Å². The largest absolute Gasteiger partial charge is 0.348 e. The molecule has 2 aromatic heterocycles. The molecule has 122 valence electrons. The predicted molar refractivity (Wildman–Crippen MR) is 93.2 cm³/mol. The van der Waals surface area contributed by atoms with E-state index in [1.54, 1.807) is 12.4 Å². The first-order valence-corrected chi connectivity index (χ1v) is 7.86. The van der Waals surface area contributed by atoms with Gasteiger partial charge < -0.3 is 5.32 Å². The first-order valence-electron chi connectivity index (χ1n) is 7.86. The van der Waals surface area contributed by atoms with Crippen LogP contribution >= 0.6 is 0 Å². The highest BCUT2D eigenvalue weighted by Gasteiger charge is 2.19. The third-order valence-electron chi connectivity index (χ3n) is 3.94. The molecule has 0 atom stereocenters. The summed E-state index contributed by atoms with van der Waals surface area (Å²) in [4.78, 5) is 16.6. The van der Waals surface area contributed by atoms with Crippen LogP contribution in [0.3, 0.4) is 0 Å². The van der Waals surface area contributed by atoms with Crippen LogP contribution in [0.15, 0.2) is 48.8 Å². The summed E-state index contributed by atoms with van der Waals surface area (Å²) in [5.41, 5.74) is 5.26. The first-order chi connectivity index (χ1) is 11.6. The molecule has 24 heavy (non-hydrogen) atoms. The lowest BCUT2D eigenvalue weighted by atomic mass is 10.1. The van der Waals surface area contributed by atoms with Crippen LogP contribution in [-0.2, 0) is 6.54 Å². The van der Waals surface area contributed by atoms with Gasteiger partial charge in [-0.25, -0.2) is 4.68 Å². The average molecular weight is 320 g/mol. The van der Waals surface area contributed by atoms with Crippen molar-refractivity contribution in [3.05, 3.63) is 76.9 Å². The number of pyridine rings is 1. The minimum absolute atomic E-state index is 0.118. The lowest BCUT2D eigenvalue weighted by Crippen LogP contribution is -2.24. The van der Waals surface area contributed by atoms with Gasteiger partial charge in [0.15, 0.2) is 0 Å². The second-order valence-electron chi connectivity index (χ2n) is 5.84. The average Bonchev–Trinajstić information content (AvgIpc) is 2.88. The van der Waals surface area contributed by atoms with E-state index in [-0.39, 0.29) is 5.91 Å². The predicted octanol–water partition coefficient (Wildman–Crippen LogP) is 3.12. The number of rotatable bonds is 4. The summed E-state index contributed by atoms with van der Waals surface area (Å²) in [6, 6.07) is 11.9. The number of aromatic nitrogens is 3. The van der Waals surface area contributed by atoms with Crippen molar-refractivity contribution < 1.29 is 4.79 Å². The molecule has 2 heterocycles. The van der Waals surface area contributed by atoms with Crippen molar-refractivity contribution in [3.8, 4) is 5.69 Å². The Bertz CT molecular complexity index is 868. The molecule has 0 aliphatic carbocycles. The van der Waals surface area contributed by atoms with E-state index in [4.69, 9.17) is 0 Å². The van der Waals surface area contributed by atoms with E-state index in [1.165, 1.54) is 0 Å². The number of aryl methyl sites for hydroxylation is 2. The lowest BCUT2D eigenvalue weighted by molar-refractivity contribution is 0.0949. The Kier molecular flexibility index (Phi) is 4.42. The van der Waals surface area contributed by atoms with Crippen LogP contribution in [0.5, 0.6) is 0 Å². The number of hydrogen-bond donors (Lipinski definition) is 1. The van der Waals surface area contributed by atoms with E-state index >= 15 is 0 Å². The van der Waals surface area contributed by atoms with Crippen LogP contribution in [0.4, 0.5) is 0 Å². The van der Waals surface area contributed by atoms with Gasteiger partial charge in [0.2, 0.25) is 0 Å². The third kappa shape index (κ3) is 3.20. The van der Waals surface area contributed by atoms with E-state index in [0.29, 0.717) is 12.1 Å². The molecule has 5 heteroatoms. The Morgan fingerprint density at radius 1 is 1.17 bits per heavy atom. The van der Waals surface area contributed by atoms with Crippen molar-refractivity contribution in [1.82, 2.24) is 20.1 Å². The third-order valence-corrected chi connectivity index (χ3v) is 3.94. The van der Waals surface area contributed by atoms with Crippen molar-refractivity contribution in [2.24, 2.45) is 0 Å². The Hall–Kier alpha value is -2.95. The Morgan fingerprint density at radius 2 is 2.00 bits per heavy atom. The number of hydrogen-bond acceptors (Lipinski definition) is 3. The summed E-state index contributed by atoms with van der Waals surface area (Å²) in [7, 11) is 0. The summed E-state index contributed by atoms with van der Waals surface area (Å²) < 4.78 is 1.82. The fraction of sp³-hybridized carbons (Fsp3) is 0.211. The van der Waals surface area contributed by atoms with Crippen LogP contribution < -0.4 is 5.32 Å². The molecule has 0 saturated carbocycles. The van der Waals surface area contributed by atoms with E-state index in [2.05, 4.69) is 21.5 Å². The van der Waals surface area contributed by atoms with Crippen molar-refractivity contribution in [2.75, 3.05) is 0 Å². The topological polar surface area (TPSA) is 59.8 Å². The molecule has 0 unspecified atom stereocenters. The molecular formula is C19H20N4O. The second kappa shape index (κ2) is 6.66. The van der Waals surface area contributed by atoms with E-state index < -0.39 is 0 Å². The van der Waals surface area contributed by atoms with E-state index in [1.807, 2.05) is 55.8 Å². The highest BCUT2D eigenvalue weighted by molar-refractivity contribution is 5.96. The zero-order chi connectivity index (χ0) is 17.1. The monoisotopic (exact) mass is 320 g/mol. The summed E-state index contributed by atoms with van der Waals surface area (Å²) in [5.74, 6) is -0.118. The number of amides is 1. The van der Waals surface area contributed by atoms with Gasteiger partial charge in [-0.1, -0.05) is 18.2 Å². The SMILES string of the molecule is Cc1cccc(-n2nc(C)c(C(=O)NCc3cccnc3)c2C)c1. The van der Waals surface area contributed by atoms with E-state index in [9.17, 15) is 4.79 Å². The van der Waals surface area contributed by atoms with Crippen molar-refractivity contribution >= 4 is 5.91 Å². The summed E-state index contributed by atoms with van der Waals surface area (Å²) in [5, 5.41) is 7.48. The maximum atomic E-state index is 12.6. The molecule has 0 radical (unpaired) electrons.